The van der Waals surface area contributed by atoms with Crippen molar-refractivity contribution in [2.24, 2.45) is 5.41 Å². The van der Waals surface area contributed by atoms with Gasteiger partial charge in [0.2, 0.25) is 0 Å². The number of rotatable bonds is 1. The molecule has 1 aromatic rings. The Morgan fingerprint density at radius 3 is 2.33 bits per heavy atom. The van der Waals surface area contributed by atoms with Gasteiger partial charge in [-0.3, -0.25) is 0 Å². The summed E-state index contributed by atoms with van der Waals surface area (Å²) in [5, 5.41) is 0.723. The van der Waals surface area contributed by atoms with Crippen molar-refractivity contribution in [3.05, 3.63) is 23.2 Å². The highest BCUT2D eigenvalue weighted by atomic mass is 35.5. The number of hydrogen-bond acceptors (Lipinski definition) is 2. The van der Waals surface area contributed by atoms with Gasteiger partial charge in [-0.2, -0.15) is 0 Å². The number of anilines is 2. The molecule has 2 fully saturated rings. The van der Waals surface area contributed by atoms with Crippen LogP contribution in [0.2, 0.25) is 5.02 Å². The summed E-state index contributed by atoms with van der Waals surface area (Å²) in [6.45, 7) is 2.36. The van der Waals surface area contributed by atoms with E-state index in [1.54, 1.807) is 0 Å². The number of nitrogen functional groups attached to an aromatic ring is 1. The van der Waals surface area contributed by atoms with Gasteiger partial charge in [0.05, 0.1) is 11.4 Å². The summed E-state index contributed by atoms with van der Waals surface area (Å²) in [5.41, 5.74) is 8.61. The summed E-state index contributed by atoms with van der Waals surface area (Å²) in [6.07, 6.45) is 8.46. The van der Waals surface area contributed by atoms with E-state index in [9.17, 15) is 0 Å². The molecule has 1 spiro atoms. The second kappa shape index (κ2) is 4.65. The summed E-state index contributed by atoms with van der Waals surface area (Å²) in [4.78, 5) is 2.41. The molecular weight excluding hydrogens is 244 g/mol. The molecule has 1 aliphatic heterocycles. The fourth-order valence-electron chi connectivity index (χ4n) is 3.54. The molecule has 0 unspecified atom stereocenters. The molecule has 1 saturated carbocycles. The van der Waals surface area contributed by atoms with Gasteiger partial charge in [-0.1, -0.05) is 37.3 Å². The van der Waals surface area contributed by atoms with E-state index in [4.69, 9.17) is 17.3 Å². The Labute approximate surface area is 114 Å². The van der Waals surface area contributed by atoms with Crippen LogP contribution in [0.5, 0.6) is 0 Å². The van der Waals surface area contributed by atoms with E-state index in [1.807, 2.05) is 12.1 Å². The molecule has 1 aromatic carbocycles. The van der Waals surface area contributed by atoms with Crippen molar-refractivity contribution in [1.29, 1.82) is 0 Å². The first-order chi connectivity index (χ1) is 8.69. The maximum atomic E-state index is 6.05. The van der Waals surface area contributed by atoms with Gasteiger partial charge in [0.15, 0.2) is 0 Å². The largest absolute Gasteiger partial charge is 0.397 e. The van der Waals surface area contributed by atoms with Crippen molar-refractivity contribution < 1.29 is 0 Å². The topological polar surface area (TPSA) is 29.3 Å². The van der Waals surface area contributed by atoms with Crippen molar-refractivity contribution >= 4 is 23.0 Å². The van der Waals surface area contributed by atoms with Crippen LogP contribution in [-0.2, 0) is 0 Å². The van der Waals surface area contributed by atoms with Gasteiger partial charge in [-0.05, 0) is 31.0 Å². The maximum absolute atomic E-state index is 6.05. The minimum absolute atomic E-state index is 0.586. The summed E-state index contributed by atoms with van der Waals surface area (Å²) >= 11 is 5.95. The molecule has 2 nitrogen and oxygen atoms in total. The molecule has 3 heteroatoms. The zero-order valence-electron chi connectivity index (χ0n) is 10.8. The molecule has 3 rings (SSSR count). The average molecular weight is 265 g/mol. The predicted octanol–water partition coefficient (Wildman–Crippen LogP) is 4.08. The lowest BCUT2D eigenvalue weighted by atomic mass is 9.73. The Bertz CT molecular complexity index is 428. The molecule has 1 saturated heterocycles. The third-order valence-electron chi connectivity index (χ3n) is 4.55. The van der Waals surface area contributed by atoms with E-state index < -0.39 is 0 Å². The van der Waals surface area contributed by atoms with Gasteiger partial charge >= 0.3 is 0 Å². The van der Waals surface area contributed by atoms with Gasteiger partial charge in [0, 0.05) is 23.5 Å². The first-order valence-corrected chi connectivity index (χ1v) is 7.36. The molecule has 18 heavy (non-hydrogen) atoms. The first kappa shape index (κ1) is 12.2. The monoisotopic (exact) mass is 264 g/mol. The van der Waals surface area contributed by atoms with E-state index in [0.29, 0.717) is 5.41 Å². The van der Waals surface area contributed by atoms with Crippen LogP contribution in [0.1, 0.15) is 38.5 Å². The van der Waals surface area contributed by atoms with E-state index in [0.717, 1.165) is 16.4 Å². The third-order valence-corrected chi connectivity index (χ3v) is 4.78. The molecule has 0 amide bonds. The molecule has 0 atom stereocenters. The van der Waals surface area contributed by atoms with Crippen LogP contribution >= 0.6 is 11.6 Å². The van der Waals surface area contributed by atoms with Crippen molar-refractivity contribution in [3.63, 3.8) is 0 Å². The Morgan fingerprint density at radius 1 is 1.06 bits per heavy atom. The standard InChI is InChI=1S/C15H21ClN2/c16-12-5-6-14(13(17)9-12)18-10-15(11-18)7-3-1-2-4-8-15/h5-6,9H,1-4,7-8,10-11,17H2. The zero-order chi connectivity index (χ0) is 12.6. The van der Waals surface area contributed by atoms with Crippen LogP contribution in [0.25, 0.3) is 0 Å². The summed E-state index contributed by atoms with van der Waals surface area (Å²) < 4.78 is 0. The summed E-state index contributed by atoms with van der Waals surface area (Å²) in [7, 11) is 0. The molecule has 2 N–H and O–H groups in total. The predicted molar refractivity (Wildman–Crippen MR) is 78.2 cm³/mol. The van der Waals surface area contributed by atoms with Crippen molar-refractivity contribution in [1.82, 2.24) is 0 Å². The highest BCUT2D eigenvalue weighted by Crippen LogP contribution is 2.45. The lowest BCUT2D eigenvalue weighted by molar-refractivity contribution is 0.181. The SMILES string of the molecule is Nc1cc(Cl)ccc1N1CC2(CCCCCC2)C1. The molecule has 1 aliphatic carbocycles. The fraction of sp³-hybridized carbons (Fsp3) is 0.600. The van der Waals surface area contributed by atoms with E-state index >= 15 is 0 Å². The number of benzene rings is 1. The average Bonchev–Trinajstić information content (AvgIpc) is 2.53. The van der Waals surface area contributed by atoms with Crippen molar-refractivity contribution in [2.75, 3.05) is 23.7 Å². The molecule has 98 valence electrons. The molecule has 1 heterocycles. The Hall–Kier alpha value is -0.890. The van der Waals surface area contributed by atoms with Gasteiger partial charge in [-0.15, -0.1) is 0 Å². The molecule has 2 aliphatic rings. The lowest BCUT2D eigenvalue weighted by Gasteiger charge is -2.52. The van der Waals surface area contributed by atoms with Gasteiger partial charge in [-0.25, -0.2) is 0 Å². The first-order valence-electron chi connectivity index (χ1n) is 6.99. The van der Waals surface area contributed by atoms with E-state index in [1.165, 1.54) is 51.6 Å². The number of hydrogen-bond donors (Lipinski definition) is 1. The number of halogens is 1. The van der Waals surface area contributed by atoms with Crippen molar-refractivity contribution in [2.45, 2.75) is 38.5 Å². The van der Waals surface area contributed by atoms with Crippen LogP contribution < -0.4 is 10.6 Å². The maximum Gasteiger partial charge on any atom is 0.0601 e. The third kappa shape index (κ3) is 2.18. The van der Waals surface area contributed by atoms with Crippen LogP contribution in [-0.4, -0.2) is 13.1 Å². The van der Waals surface area contributed by atoms with E-state index in [2.05, 4.69) is 11.0 Å². The van der Waals surface area contributed by atoms with Gasteiger partial charge in [0.25, 0.3) is 0 Å². The minimum Gasteiger partial charge on any atom is -0.397 e. The lowest BCUT2D eigenvalue weighted by Crippen LogP contribution is -2.56. The molecule has 0 bridgehead atoms. The summed E-state index contributed by atoms with van der Waals surface area (Å²) in [5.74, 6) is 0. The molecule has 0 radical (unpaired) electrons. The second-order valence-corrected chi connectivity index (χ2v) is 6.41. The highest BCUT2D eigenvalue weighted by molar-refractivity contribution is 6.31. The Balaban J connectivity index is 1.70. The Morgan fingerprint density at radius 2 is 1.72 bits per heavy atom. The van der Waals surface area contributed by atoms with Crippen LogP contribution in [0.3, 0.4) is 0 Å². The van der Waals surface area contributed by atoms with Crippen LogP contribution in [0.4, 0.5) is 11.4 Å². The Kier molecular flexibility index (Phi) is 3.14. The molecular formula is C15H21ClN2. The smallest absolute Gasteiger partial charge is 0.0601 e. The number of nitrogens with two attached hydrogens (primary N) is 1. The van der Waals surface area contributed by atoms with Gasteiger partial charge < -0.3 is 10.6 Å². The number of nitrogens with zero attached hydrogens (tertiary/aromatic N) is 1. The van der Waals surface area contributed by atoms with E-state index in [-0.39, 0.29) is 0 Å². The summed E-state index contributed by atoms with van der Waals surface area (Å²) in [6, 6.07) is 5.85. The van der Waals surface area contributed by atoms with Crippen LogP contribution in [0.15, 0.2) is 18.2 Å². The minimum atomic E-state index is 0.586. The highest BCUT2D eigenvalue weighted by Gasteiger charge is 2.42. The van der Waals surface area contributed by atoms with Crippen molar-refractivity contribution in [3.8, 4) is 0 Å². The van der Waals surface area contributed by atoms with Gasteiger partial charge in [0.1, 0.15) is 0 Å². The fourth-order valence-corrected chi connectivity index (χ4v) is 3.72. The second-order valence-electron chi connectivity index (χ2n) is 5.97. The normalized spacial score (nSPS) is 22.6. The quantitative estimate of drug-likeness (QED) is 0.775. The zero-order valence-corrected chi connectivity index (χ0v) is 11.5. The molecule has 0 aromatic heterocycles. The van der Waals surface area contributed by atoms with Crippen LogP contribution in [0, 0.1) is 5.41 Å².